The van der Waals surface area contributed by atoms with Crippen LogP contribution in [0, 0.1) is 13.8 Å². The van der Waals surface area contributed by atoms with Crippen LogP contribution in [-0.2, 0) is 11.3 Å². The molecule has 3 rings (SSSR count). The average Bonchev–Trinajstić information content (AvgIpc) is 3.15. The predicted octanol–water partition coefficient (Wildman–Crippen LogP) is 3.58. The first-order valence-corrected chi connectivity index (χ1v) is 9.23. The second-order valence-electron chi connectivity index (χ2n) is 6.59. The van der Waals surface area contributed by atoms with Crippen molar-refractivity contribution in [3.63, 3.8) is 0 Å². The van der Waals surface area contributed by atoms with E-state index in [4.69, 9.17) is 14.2 Å². The summed E-state index contributed by atoms with van der Waals surface area (Å²) in [5, 5.41) is 7.15. The molecule has 0 unspecified atom stereocenters. The Morgan fingerprint density at radius 2 is 1.90 bits per heavy atom. The summed E-state index contributed by atoms with van der Waals surface area (Å²) in [6, 6.07) is 13.1. The molecule has 7 heteroatoms. The number of anilines is 1. The van der Waals surface area contributed by atoms with Gasteiger partial charge in [0.2, 0.25) is 0 Å². The molecule has 1 N–H and O–H groups in total. The van der Waals surface area contributed by atoms with Gasteiger partial charge < -0.3 is 19.5 Å². The first kappa shape index (κ1) is 20.3. The molecule has 2 aromatic carbocycles. The monoisotopic (exact) mass is 395 g/mol. The molecule has 0 atom stereocenters. The first-order chi connectivity index (χ1) is 14.0. The summed E-state index contributed by atoms with van der Waals surface area (Å²) in [5.74, 6) is 2.43. The third-order valence-corrected chi connectivity index (χ3v) is 4.71. The zero-order valence-electron chi connectivity index (χ0n) is 17.1. The van der Waals surface area contributed by atoms with Gasteiger partial charge in [0.05, 0.1) is 27.0 Å². The molecule has 3 aromatic rings. The highest BCUT2D eigenvalue weighted by Gasteiger charge is 2.12. The van der Waals surface area contributed by atoms with Crippen LogP contribution in [0.2, 0.25) is 0 Å². The predicted molar refractivity (Wildman–Crippen MR) is 111 cm³/mol. The zero-order valence-corrected chi connectivity index (χ0v) is 17.1. The van der Waals surface area contributed by atoms with Gasteiger partial charge in [-0.1, -0.05) is 12.1 Å². The molecule has 0 saturated heterocycles. The Kier molecular flexibility index (Phi) is 6.39. The third kappa shape index (κ3) is 4.87. The molecule has 1 aromatic heterocycles. The van der Waals surface area contributed by atoms with E-state index < -0.39 is 0 Å². The van der Waals surface area contributed by atoms with E-state index in [9.17, 15) is 4.79 Å². The van der Waals surface area contributed by atoms with Crippen LogP contribution >= 0.6 is 0 Å². The molecule has 1 amide bonds. The van der Waals surface area contributed by atoms with Crippen molar-refractivity contribution in [2.75, 3.05) is 26.1 Å². The van der Waals surface area contributed by atoms with E-state index in [-0.39, 0.29) is 12.5 Å². The number of nitrogens with one attached hydrogen (secondary N) is 1. The van der Waals surface area contributed by atoms with Crippen molar-refractivity contribution in [2.24, 2.45) is 0 Å². The van der Waals surface area contributed by atoms with Crippen LogP contribution < -0.4 is 19.5 Å². The smallest absolute Gasteiger partial charge is 0.263 e. The summed E-state index contributed by atoms with van der Waals surface area (Å²) in [6.07, 6.45) is 1.64. The number of ether oxygens (including phenoxy) is 3. The van der Waals surface area contributed by atoms with Crippen molar-refractivity contribution in [1.82, 2.24) is 9.78 Å². The molecule has 0 aliphatic rings. The van der Waals surface area contributed by atoms with Gasteiger partial charge in [-0.3, -0.25) is 4.79 Å². The lowest BCUT2D eigenvalue weighted by Crippen LogP contribution is -2.22. The molecule has 0 aliphatic heterocycles. The normalized spacial score (nSPS) is 10.5. The Morgan fingerprint density at radius 1 is 1.07 bits per heavy atom. The van der Waals surface area contributed by atoms with E-state index >= 15 is 0 Å². The van der Waals surface area contributed by atoms with E-state index in [2.05, 4.69) is 10.4 Å². The number of carbonyl (C=O) groups excluding carboxylic acids is 1. The van der Waals surface area contributed by atoms with Gasteiger partial charge in [-0.25, -0.2) is 4.68 Å². The van der Waals surface area contributed by atoms with Gasteiger partial charge in [0.15, 0.2) is 6.61 Å². The summed E-state index contributed by atoms with van der Waals surface area (Å²) in [7, 11) is 3.21. The quantitative estimate of drug-likeness (QED) is 0.631. The summed E-state index contributed by atoms with van der Waals surface area (Å²) >= 11 is 0. The van der Waals surface area contributed by atoms with Crippen LogP contribution in [0.4, 0.5) is 5.82 Å². The summed E-state index contributed by atoms with van der Waals surface area (Å²) in [4.78, 5) is 12.4. The van der Waals surface area contributed by atoms with E-state index in [1.165, 1.54) is 0 Å². The topological polar surface area (TPSA) is 74.6 Å². The molecule has 0 fully saturated rings. The van der Waals surface area contributed by atoms with Crippen LogP contribution in [0.5, 0.6) is 17.2 Å². The van der Waals surface area contributed by atoms with E-state index in [1.54, 1.807) is 31.2 Å². The maximum atomic E-state index is 12.4. The van der Waals surface area contributed by atoms with Crippen LogP contribution in [0.1, 0.15) is 16.7 Å². The molecule has 1 heterocycles. The maximum Gasteiger partial charge on any atom is 0.263 e. The summed E-state index contributed by atoms with van der Waals surface area (Å²) in [5.41, 5.74) is 3.06. The van der Waals surface area contributed by atoms with Gasteiger partial charge >= 0.3 is 0 Å². The van der Waals surface area contributed by atoms with Crippen LogP contribution in [0.15, 0.2) is 48.7 Å². The number of nitrogens with zero attached hydrogens (tertiary/aromatic N) is 2. The van der Waals surface area contributed by atoms with Crippen molar-refractivity contribution < 1.29 is 19.0 Å². The van der Waals surface area contributed by atoms with E-state index in [0.29, 0.717) is 29.6 Å². The SMILES string of the molecule is COc1ccc(Cn2nccc2NC(=O)COc2cccc(C)c2C)c(OC)c1. The van der Waals surface area contributed by atoms with Crippen LogP contribution in [-0.4, -0.2) is 36.5 Å². The fourth-order valence-electron chi connectivity index (χ4n) is 2.91. The van der Waals surface area contributed by atoms with Crippen LogP contribution in [0.3, 0.4) is 0 Å². The molecule has 152 valence electrons. The number of aromatic nitrogens is 2. The fourth-order valence-corrected chi connectivity index (χ4v) is 2.91. The minimum atomic E-state index is -0.255. The lowest BCUT2D eigenvalue weighted by molar-refractivity contribution is -0.118. The van der Waals surface area contributed by atoms with Crippen molar-refractivity contribution in [3.8, 4) is 17.2 Å². The van der Waals surface area contributed by atoms with Gasteiger partial charge in [-0.05, 0) is 43.2 Å². The molecule has 7 nitrogen and oxygen atoms in total. The lowest BCUT2D eigenvalue weighted by atomic mass is 10.1. The molecule has 0 aliphatic carbocycles. The highest BCUT2D eigenvalue weighted by molar-refractivity contribution is 5.91. The molecular weight excluding hydrogens is 370 g/mol. The number of rotatable bonds is 8. The van der Waals surface area contributed by atoms with Gasteiger partial charge in [0.25, 0.3) is 5.91 Å². The molecule has 0 spiro atoms. The molecule has 0 saturated carbocycles. The Hall–Kier alpha value is -3.48. The highest BCUT2D eigenvalue weighted by atomic mass is 16.5. The average molecular weight is 395 g/mol. The van der Waals surface area contributed by atoms with E-state index in [1.807, 2.05) is 50.2 Å². The number of amides is 1. The van der Waals surface area contributed by atoms with Gasteiger partial charge in [0.1, 0.15) is 23.1 Å². The molecule has 0 radical (unpaired) electrons. The number of hydrogen-bond acceptors (Lipinski definition) is 5. The Morgan fingerprint density at radius 3 is 2.66 bits per heavy atom. The van der Waals surface area contributed by atoms with Gasteiger partial charge in [-0.2, -0.15) is 5.10 Å². The van der Waals surface area contributed by atoms with Crippen molar-refractivity contribution in [3.05, 3.63) is 65.4 Å². The van der Waals surface area contributed by atoms with Crippen LogP contribution in [0.25, 0.3) is 0 Å². The van der Waals surface area contributed by atoms with Crippen molar-refractivity contribution in [2.45, 2.75) is 20.4 Å². The number of methoxy groups -OCH3 is 2. The molecule has 0 bridgehead atoms. The van der Waals surface area contributed by atoms with E-state index in [0.717, 1.165) is 16.7 Å². The number of aryl methyl sites for hydroxylation is 1. The standard InChI is InChI=1S/C22H25N3O4/c1-15-6-5-7-19(16(15)2)29-14-22(26)24-21-10-11-23-25(21)13-17-8-9-18(27-3)12-20(17)28-4/h5-12H,13-14H2,1-4H3,(H,24,26). The number of carbonyl (C=O) groups is 1. The Labute approximate surface area is 170 Å². The van der Waals surface area contributed by atoms with Gasteiger partial charge in [0, 0.05) is 17.7 Å². The third-order valence-electron chi connectivity index (χ3n) is 4.71. The van der Waals surface area contributed by atoms with Gasteiger partial charge in [-0.15, -0.1) is 0 Å². The minimum absolute atomic E-state index is 0.0820. The summed E-state index contributed by atoms with van der Waals surface area (Å²) < 4.78 is 18.0. The highest BCUT2D eigenvalue weighted by Crippen LogP contribution is 2.26. The molecular formula is C22H25N3O4. The minimum Gasteiger partial charge on any atom is -0.497 e. The Balaban J connectivity index is 1.66. The zero-order chi connectivity index (χ0) is 20.8. The number of benzene rings is 2. The lowest BCUT2D eigenvalue weighted by Gasteiger charge is -2.14. The molecule has 29 heavy (non-hydrogen) atoms. The summed E-state index contributed by atoms with van der Waals surface area (Å²) in [6.45, 7) is 4.34. The first-order valence-electron chi connectivity index (χ1n) is 9.23. The maximum absolute atomic E-state index is 12.4. The fraction of sp³-hybridized carbons (Fsp3) is 0.273. The second-order valence-corrected chi connectivity index (χ2v) is 6.59. The number of hydrogen-bond donors (Lipinski definition) is 1. The largest absolute Gasteiger partial charge is 0.497 e. The second kappa shape index (κ2) is 9.14. The Bertz CT molecular complexity index is 997. The van der Waals surface area contributed by atoms with Crippen molar-refractivity contribution >= 4 is 11.7 Å². The van der Waals surface area contributed by atoms with Crippen molar-refractivity contribution in [1.29, 1.82) is 0 Å².